The summed E-state index contributed by atoms with van der Waals surface area (Å²) < 4.78 is 12.1. The quantitative estimate of drug-likeness (QED) is 0.513. The topological polar surface area (TPSA) is 72.3 Å². The van der Waals surface area contributed by atoms with Crippen molar-refractivity contribution in [3.8, 4) is 0 Å². The van der Waals surface area contributed by atoms with Crippen LogP contribution in [0.1, 0.15) is 51.3 Å². The predicted molar refractivity (Wildman–Crippen MR) is 125 cm³/mol. The molecule has 0 bridgehead atoms. The molecule has 0 unspecified atom stereocenters. The first-order valence-electron chi connectivity index (χ1n) is 9.24. The SMILES string of the molecule is C/C=C\C(C)=C(/C)F.CC.CO.Cc1cc(Cl)c(C(/C=C\CN)=C/N)cc1C. The molecule has 0 saturated heterocycles. The molecule has 0 saturated carbocycles. The van der Waals surface area contributed by atoms with E-state index in [-0.39, 0.29) is 5.83 Å². The highest BCUT2D eigenvalue weighted by atomic mass is 35.5. The Morgan fingerprint density at radius 1 is 1.11 bits per heavy atom. The van der Waals surface area contributed by atoms with Gasteiger partial charge in [0.05, 0.1) is 5.83 Å². The Balaban J connectivity index is -0.000000440. The fourth-order valence-corrected chi connectivity index (χ4v) is 2.12. The smallest absolute Gasteiger partial charge is 0.0997 e. The summed E-state index contributed by atoms with van der Waals surface area (Å²) in [5.74, 6) is -0.108. The second kappa shape index (κ2) is 19.9. The molecule has 1 rings (SSSR count). The molecule has 160 valence electrons. The summed E-state index contributed by atoms with van der Waals surface area (Å²) in [5.41, 5.74) is 15.9. The molecule has 0 aliphatic carbocycles. The Bertz CT molecular complexity index is 659. The minimum atomic E-state index is -0.108. The van der Waals surface area contributed by atoms with E-state index in [0.29, 0.717) is 17.1 Å². The number of aryl methyl sites for hydroxylation is 2. The van der Waals surface area contributed by atoms with Gasteiger partial charge < -0.3 is 16.6 Å². The number of nitrogens with two attached hydrogens (primary N) is 2. The number of aliphatic hydroxyl groups is 1. The second-order valence-electron chi connectivity index (χ2n) is 5.39. The molecular formula is C23H38ClFN2O. The molecule has 5 N–H and O–H groups in total. The summed E-state index contributed by atoms with van der Waals surface area (Å²) in [6, 6.07) is 3.99. The summed E-state index contributed by atoms with van der Waals surface area (Å²) >= 11 is 6.19. The van der Waals surface area contributed by atoms with E-state index in [1.165, 1.54) is 18.1 Å². The number of allylic oxidation sites excluding steroid dienone is 6. The molecule has 0 spiro atoms. The number of hydrogen-bond donors (Lipinski definition) is 3. The highest BCUT2D eigenvalue weighted by molar-refractivity contribution is 6.32. The molecule has 0 atom stereocenters. The van der Waals surface area contributed by atoms with E-state index in [4.69, 9.17) is 28.2 Å². The summed E-state index contributed by atoms with van der Waals surface area (Å²) in [5, 5.41) is 7.71. The van der Waals surface area contributed by atoms with Crippen molar-refractivity contribution < 1.29 is 9.50 Å². The molecule has 0 aliphatic heterocycles. The van der Waals surface area contributed by atoms with Gasteiger partial charge in [0, 0.05) is 30.4 Å². The van der Waals surface area contributed by atoms with E-state index in [1.54, 1.807) is 19.2 Å². The van der Waals surface area contributed by atoms with Crippen molar-refractivity contribution in [3.63, 3.8) is 0 Å². The van der Waals surface area contributed by atoms with E-state index in [1.807, 2.05) is 58.1 Å². The third-order valence-corrected chi connectivity index (χ3v) is 3.78. The van der Waals surface area contributed by atoms with E-state index in [9.17, 15) is 4.39 Å². The Morgan fingerprint density at radius 3 is 1.96 bits per heavy atom. The van der Waals surface area contributed by atoms with Gasteiger partial charge in [-0.05, 0) is 69.0 Å². The molecule has 1 aromatic carbocycles. The molecule has 5 heteroatoms. The summed E-state index contributed by atoms with van der Waals surface area (Å²) in [7, 11) is 1.00. The van der Waals surface area contributed by atoms with Crippen LogP contribution in [0.2, 0.25) is 5.02 Å². The standard InChI is InChI=1S/C13H17ClN2.C7H11F.C2H6.CH4O/c1-9-6-12(13(14)7-10(9)2)11(8-16)4-3-5-15;1-4-5-6(2)7(3)8;2*1-2/h3-4,6-8H,5,15-16H2,1-2H3;4-5H,1-3H3;1-2H3;2H,1H3/b4-3-,11-8+;5-4-,7-6+;;. The van der Waals surface area contributed by atoms with Crippen LogP contribution in [0.3, 0.4) is 0 Å². The van der Waals surface area contributed by atoms with Crippen LogP contribution in [0.15, 0.2) is 54.0 Å². The number of aliphatic hydroxyl groups excluding tert-OH is 1. The minimum absolute atomic E-state index is 0.108. The first-order valence-corrected chi connectivity index (χ1v) is 9.62. The third-order valence-electron chi connectivity index (χ3n) is 3.47. The minimum Gasteiger partial charge on any atom is -0.404 e. The lowest BCUT2D eigenvalue weighted by Gasteiger charge is -2.09. The molecule has 0 fully saturated rings. The van der Waals surface area contributed by atoms with Crippen LogP contribution in [0.5, 0.6) is 0 Å². The van der Waals surface area contributed by atoms with Crippen LogP contribution in [0, 0.1) is 13.8 Å². The van der Waals surface area contributed by atoms with Gasteiger partial charge in [-0.3, -0.25) is 0 Å². The summed E-state index contributed by atoms with van der Waals surface area (Å²) in [6.07, 6.45) is 8.84. The third kappa shape index (κ3) is 13.3. The van der Waals surface area contributed by atoms with Crippen molar-refractivity contribution in [2.75, 3.05) is 13.7 Å². The zero-order valence-electron chi connectivity index (χ0n) is 18.6. The van der Waals surface area contributed by atoms with Gasteiger partial charge >= 0.3 is 0 Å². The van der Waals surface area contributed by atoms with Crippen molar-refractivity contribution in [3.05, 3.63) is 75.7 Å². The first kappa shape index (κ1) is 30.8. The molecule has 0 aromatic heterocycles. The molecule has 0 heterocycles. The zero-order valence-corrected chi connectivity index (χ0v) is 19.4. The normalized spacial score (nSPS) is 11.6. The Kier molecular flexibility index (Phi) is 21.9. The van der Waals surface area contributed by atoms with Crippen molar-refractivity contribution in [2.24, 2.45) is 11.5 Å². The number of hydrogen-bond acceptors (Lipinski definition) is 3. The van der Waals surface area contributed by atoms with E-state index >= 15 is 0 Å². The molecular weight excluding hydrogens is 375 g/mol. The van der Waals surface area contributed by atoms with Gasteiger partial charge in [0.15, 0.2) is 0 Å². The highest BCUT2D eigenvalue weighted by Crippen LogP contribution is 2.27. The lowest BCUT2D eigenvalue weighted by atomic mass is 10.0. The average Bonchev–Trinajstić information content (AvgIpc) is 2.70. The van der Waals surface area contributed by atoms with Crippen LogP contribution in [-0.4, -0.2) is 18.8 Å². The maximum absolute atomic E-state index is 12.1. The first-order chi connectivity index (χ1) is 13.3. The maximum Gasteiger partial charge on any atom is 0.0997 e. The van der Waals surface area contributed by atoms with Gasteiger partial charge in [-0.2, -0.15) is 0 Å². The molecule has 3 nitrogen and oxygen atoms in total. The van der Waals surface area contributed by atoms with Gasteiger partial charge in [0.2, 0.25) is 0 Å². The van der Waals surface area contributed by atoms with E-state index in [0.717, 1.165) is 18.2 Å². The molecule has 1 aromatic rings. The Morgan fingerprint density at radius 2 is 1.61 bits per heavy atom. The van der Waals surface area contributed by atoms with Crippen LogP contribution in [-0.2, 0) is 0 Å². The molecule has 0 amide bonds. The van der Waals surface area contributed by atoms with Crippen LogP contribution in [0.4, 0.5) is 4.39 Å². The van der Waals surface area contributed by atoms with Crippen LogP contribution < -0.4 is 11.5 Å². The summed E-state index contributed by atoms with van der Waals surface area (Å²) in [6.45, 7) is 13.6. The van der Waals surface area contributed by atoms with Crippen molar-refractivity contribution >= 4 is 17.2 Å². The average molecular weight is 413 g/mol. The molecule has 28 heavy (non-hydrogen) atoms. The monoisotopic (exact) mass is 412 g/mol. The van der Waals surface area contributed by atoms with Gasteiger partial charge in [-0.15, -0.1) is 0 Å². The van der Waals surface area contributed by atoms with E-state index < -0.39 is 0 Å². The van der Waals surface area contributed by atoms with Crippen LogP contribution in [0.25, 0.3) is 5.57 Å². The predicted octanol–water partition coefficient (Wildman–Crippen LogP) is 6.23. The van der Waals surface area contributed by atoms with Gasteiger partial charge in [0.1, 0.15) is 0 Å². The van der Waals surface area contributed by atoms with Crippen molar-refractivity contribution in [1.82, 2.24) is 0 Å². The van der Waals surface area contributed by atoms with Crippen molar-refractivity contribution in [1.29, 1.82) is 0 Å². The highest BCUT2D eigenvalue weighted by Gasteiger charge is 2.06. The van der Waals surface area contributed by atoms with Gasteiger partial charge in [0.25, 0.3) is 0 Å². The van der Waals surface area contributed by atoms with E-state index in [2.05, 4.69) is 6.92 Å². The molecule has 0 radical (unpaired) electrons. The second-order valence-corrected chi connectivity index (χ2v) is 5.80. The Labute approximate surface area is 176 Å². The number of benzene rings is 1. The fourth-order valence-electron chi connectivity index (χ4n) is 1.80. The zero-order chi connectivity index (χ0) is 22.7. The largest absolute Gasteiger partial charge is 0.404 e. The van der Waals surface area contributed by atoms with Crippen molar-refractivity contribution in [2.45, 2.75) is 48.5 Å². The molecule has 0 aliphatic rings. The summed E-state index contributed by atoms with van der Waals surface area (Å²) in [4.78, 5) is 0. The number of rotatable bonds is 4. The lowest BCUT2D eigenvalue weighted by molar-refractivity contribution is 0.399. The fraction of sp³-hybridized carbons (Fsp3) is 0.391. The van der Waals surface area contributed by atoms with Gasteiger partial charge in [-0.1, -0.05) is 49.8 Å². The Hall–Kier alpha value is -1.88. The number of halogens is 2. The lowest BCUT2D eigenvalue weighted by Crippen LogP contribution is -1.95. The van der Waals surface area contributed by atoms with Gasteiger partial charge in [-0.25, -0.2) is 4.39 Å². The maximum atomic E-state index is 12.1. The van der Waals surface area contributed by atoms with Crippen LogP contribution >= 0.6 is 11.6 Å².